The normalized spacial score (nSPS) is 11.2. The molecule has 0 aliphatic rings. The van der Waals surface area contributed by atoms with Crippen LogP contribution in [0.5, 0.6) is 0 Å². The summed E-state index contributed by atoms with van der Waals surface area (Å²) in [5, 5.41) is 15.0. The summed E-state index contributed by atoms with van der Waals surface area (Å²) in [5.74, 6) is -0.183. The van der Waals surface area contributed by atoms with Crippen LogP contribution in [0.3, 0.4) is 0 Å². The van der Waals surface area contributed by atoms with E-state index in [1.807, 2.05) is 49.4 Å². The highest BCUT2D eigenvalue weighted by Gasteiger charge is 2.12. The molecular formula is C21H18N4O. The van der Waals surface area contributed by atoms with E-state index in [-0.39, 0.29) is 11.9 Å². The third-order valence-electron chi connectivity index (χ3n) is 3.95. The van der Waals surface area contributed by atoms with Gasteiger partial charge in [-0.05, 0) is 42.8 Å². The molecule has 0 saturated heterocycles. The number of anilines is 2. The molecule has 5 nitrogen and oxygen atoms in total. The molecule has 2 aromatic carbocycles. The largest absolute Gasteiger partial charge is 0.354 e. The fourth-order valence-corrected chi connectivity index (χ4v) is 2.53. The van der Waals surface area contributed by atoms with E-state index in [9.17, 15) is 4.79 Å². The van der Waals surface area contributed by atoms with Gasteiger partial charge in [0, 0.05) is 11.9 Å². The van der Waals surface area contributed by atoms with Crippen LogP contribution in [0.2, 0.25) is 0 Å². The lowest BCUT2D eigenvalue weighted by Crippen LogP contribution is -2.26. The van der Waals surface area contributed by atoms with Gasteiger partial charge in [0.2, 0.25) is 0 Å². The van der Waals surface area contributed by atoms with E-state index >= 15 is 0 Å². The zero-order chi connectivity index (χ0) is 18.4. The highest BCUT2D eigenvalue weighted by atomic mass is 16.1. The Morgan fingerprint density at radius 3 is 2.46 bits per heavy atom. The summed E-state index contributed by atoms with van der Waals surface area (Å²) in [4.78, 5) is 16.6. The minimum Gasteiger partial charge on any atom is -0.354 e. The van der Waals surface area contributed by atoms with Crippen LogP contribution in [-0.2, 0) is 0 Å². The number of hydrogen-bond acceptors (Lipinski definition) is 4. The Kier molecular flexibility index (Phi) is 5.25. The van der Waals surface area contributed by atoms with Gasteiger partial charge in [0.15, 0.2) is 0 Å². The number of hydrogen-bond donors (Lipinski definition) is 2. The maximum Gasteiger partial charge on any atom is 0.253 e. The van der Waals surface area contributed by atoms with Gasteiger partial charge in [-0.3, -0.25) is 9.78 Å². The summed E-state index contributed by atoms with van der Waals surface area (Å²) >= 11 is 0. The fraction of sp³-hybridized carbons (Fsp3) is 0.0952. The highest BCUT2D eigenvalue weighted by molar-refractivity contribution is 5.95. The zero-order valence-electron chi connectivity index (χ0n) is 14.3. The number of rotatable bonds is 5. The summed E-state index contributed by atoms with van der Waals surface area (Å²) in [6, 6.07) is 20.6. The predicted octanol–water partition coefficient (Wildman–Crippen LogP) is 4.19. The second kappa shape index (κ2) is 7.95. The molecule has 0 saturated carbocycles. The Balaban J connectivity index is 1.70. The van der Waals surface area contributed by atoms with Gasteiger partial charge in [0.05, 0.1) is 35.1 Å². The second-order valence-electron chi connectivity index (χ2n) is 5.88. The number of nitrogens with one attached hydrogen (secondary N) is 2. The quantitative estimate of drug-likeness (QED) is 0.729. The van der Waals surface area contributed by atoms with Crippen molar-refractivity contribution in [3.05, 3.63) is 89.7 Å². The van der Waals surface area contributed by atoms with E-state index in [1.165, 1.54) is 6.20 Å². The van der Waals surface area contributed by atoms with Crippen molar-refractivity contribution < 1.29 is 4.79 Å². The molecule has 26 heavy (non-hydrogen) atoms. The summed E-state index contributed by atoms with van der Waals surface area (Å²) in [6.07, 6.45) is 3.19. The van der Waals surface area contributed by atoms with E-state index in [4.69, 9.17) is 5.26 Å². The summed E-state index contributed by atoms with van der Waals surface area (Å²) in [5.41, 5.74) is 3.64. The Morgan fingerprint density at radius 2 is 1.77 bits per heavy atom. The van der Waals surface area contributed by atoms with Crippen LogP contribution in [0.15, 0.2) is 73.1 Å². The molecule has 128 valence electrons. The van der Waals surface area contributed by atoms with E-state index < -0.39 is 0 Å². The van der Waals surface area contributed by atoms with Crippen molar-refractivity contribution in [3.8, 4) is 6.07 Å². The Hall–Kier alpha value is -3.65. The number of carbonyl (C=O) groups excluding carboxylic acids is 1. The number of benzene rings is 2. The summed E-state index contributed by atoms with van der Waals surface area (Å²) in [7, 11) is 0. The van der Waals surface area contributed by atoms with Gasteiger partial charge in [-0.2, -0.15) is 5.26 Å². The molecule has 0 bridgehead atoms. The number of carbonyl (C=O) groups is 1. The number of amides is 1. The smallest absolute Gasteiger partial charge is 0.253 e. The maximum atomic E-state index is 12.5. The van der Waals surface area contributed by atoms with Gasteiger partial charge in [-0.1, -0.05) is 30.3 Å². The summed E-state index contributed by atoms with van der Waals surface area (Å²) in [6.45, 7) is 1.94. The molecule has 2 N–H and O–H groups in total. The molecule has 0 radical (unpaired) electrons. The first kappa shape index (κ1) is 17.2. The molecule has 1 unspecified atom stereocenters. The Morgan fingerprint density at radius 1 is 1.04 bits per heavy atom. The lowest BCUT2D eigenvalue weighted by molar-refractivity contribution is 0.0939. The Labute approximate surface area is 152 Å². The molecule has 0 aliphatic heterocycles. The van der Waals surface area contributed by atoms with E-state index in [0.717, 1.165) is 11.3 Å². The minimum absolute atomic E-state index is 0.0983. The van der Waals surface area contributed by atoms with Crippen molar-refractivity contribution in [2.24, 2.45) is 0 Å². The van der Waals surface area contributed by atoms with Crippen LogP contribution in [-0.4, -0.2) is 10.9 Å². The molecule has 1 heterocycles. The van der Waals surface area contributed by atoms with Crippen molar-refractivity contribution in [2.75, 3.05) is 5.32 Å². The standard InChI is InChI=1S/C21H18N4O/c1-15(17-5-3-2-4-6-17)24-21(26)18-11-20(14-23-13-18)25-19-9-7-16(12-22)8-10-19/h2-11,13-15,25H,1H3,(H,24,26). The van der Waals surface area contributed by atoms with Crippen LogP contribution in [0.25, 0.3) is 0 Å². The average molecular weight is 342 g/mol. The number of aromatic nitrogens is 1. The van der Waals surface area contributed by atoms with Crippen LogP contribution in [0, 0.1) is 11.3 Å². The lowest BCUT2D eigenvalue weighted by Gasteiger charge is -2.14. The van der Waals surface area contributed by atoms with Crippen molar-refractivity contribution >= 4 is 17.3 Å². The van der Waals surface area contributed by atoms with Crippen LogP contribution in [0.1, 0.15) is 34.5 Å². The molecule has 0 aliphatic carbocycles. The maximum absolute atomic E-state index is 12.5. The first-order chi connectivity index (χ1) is 12.7. The zero-order valence-corrected chi connectivity index (χ0v) is 14.3. The van der Waals surface area contributed by atoms with Gasteiger partial charge in [-0.25, -0.2) is 0 Å². The molecule has 0 fully saturated rings. The molecule has 1 aromatic heterocycles. The molecule has 1 amide bonds. The molecular weight excluding hydrogens is 324 g/mol. The van der Waals surface area contributed by atoms with Gasteiger partial charge < -0.3 is 10.6 Å². The predicted molar refractivity (Wildman–Crippen MR) is 101 cm³/mol. The molecule has 1 atom stereocenters. The third kappa shape index (κ3) is 4.25. The Bertz CT molecular complexity index is 930. The monoisotopic (exact) mass is 342 g/mol. The van der Waals surface area contributed by atoms with Crippen molar-refractivity contribution in [1.29, 1.82) is 5.26 Å². The van der Waals surface area contributed by atoms with Gasteiger partial charge in [0.1, 0.15) is 0 Å². The number of nitriles is 1. The molecule has 0 spiro atoms. The molecule has 5 heteroatoms. The average Bonchev–Trinajstić information content (AvgIpc) is 2.69. The minimum atomic E-state index is -0.183. The van der Waals surface area contributed by atoms with Crippen LogP contribution >= 0.6 is 0 Å². The lowest BCUT2D eigenvalue weighted by atomic mass is 10.1. The van der Waals surface area contributed by atoms with Crippen molar-refractivity contribution in [3.63, 3.8) is 0 Å². The second-order valence-corrected chi connectivity index (χ2v) is 5.88. The van der Waals surface area contributed by atoms with Crippen LogP contribution in [0.4, 0.5) is 11.4 Å². The third-order valence-corrected chi connectivity index (χ3v) is 3.95. The van der Waals surface area contributed by atoms with Crippen molar-refractivity contribution in [2.45, 2.75) is 13.0 Å². The fourth-order valence-electron chi connectivity index (χ4n) is 2.53. The van der Waals surface area contributed by atoms with Gasteiger partial charge in [-0.15, -0.1) is 0 Å². The molecule has 3 aromatic rings. The van der Waals surface area contributed by atoms with Gasteiger partial charge >= 0.3 is 0 Å². The topological polar surface area (TPSA) is 77.8 Å². The summed E-state index contributed by atoms with van der Waals surface area (Å²) < 4.78 is 0. The van der Waals surface area contributed by atoms with Crippen molar-refractivity contribution in [1.82, 2.24) is 10.3 Å². The first-order valence-electron chi connectivity index (χ1n) is 8.24. The van der Waals surface area contributed by atoms with E-state index in [0.29, 0.717) is 16.8 Å². The highest BCUT2D eigenvalue weighted by Crippen LogP contribution is 2.18. The number of pyridine rings is 1. The molecule has 3 rings (SSSR count). The SMILES string of the molecule is CC(NC(=O)c1cncc(Nc2ccc(C#N)cc2)c1)c1ccccc1. The first-order valence-corrected chi connectivity index (χ1v) is 8.24. The van der Waals surface area contributed by atoms with E-state index in [1.54, 1.807) is 24.4 Å². The van der Waals surface area contributed by atoms with Crippen LogP contribution < -0.4 is 10.6 Å². The number of nitrogens with zero attached hydrogens (tertiary/aromatic N) is 2. The van der Waals surface area contributed by atoms with E-state index in [2.05, 4.69) is 21.7 Å². The van der Waals surface area contributed by atoms with Gasteiger partial charge in [0.25, 0.3) is 5.91 Å².